The summed E-state index contributed by atoms with van der Waals surface area (Å²) in [5.74, 6) is -0.700. The van der Waals surface area contributed by atoms with Gasteiger partial charge in [0.25, 0.3) is 0 Å². The fraction of sp³-hybridized carbons (Fsp3) is 0.500. The lowest BCUT2D eigenvalue weighted by Crippen LogP contribution is -2.41. The number of hydrogen-bond donors (Lipinski definition) is 2. The fourth-order valence-corrected chi connectivity index (χ4v) is 2.11. The van der Waals surface area contributed by atoms with Crippen molar-refractivity contribution < 1.29 is 14.0 Å². The van der Waals surface area contributed by atoms with Crippen LogP contribution >= 0.6 is 0 Å². The molecule has 0 fully saturated rings. The number of nitrogens with one attached hydrogen (secondary N) is 2. The quantitative estimate of drug-likeness (QED) is 0.772. The van der Waals surface area contributed by atoms with Gasteiger partial charge < -0.3 is 10.6 Å². The van der Waals surface area contributed by atoms with Gasteiger partial charge in [-0.15, -0.1) is 0 Å². The second-order valence-electron chi connectivity index (χ2n) is 5.48. The lowest BCUT2D eigenvalue weighted by molar-refractivity contribution is -0.123. The molecule has 0 aliphatic rings. The zero-order chi connectivity index (χ0) is 16.5. The van der Waals surface area contributed by atoms with Crippen molar-refractivity contribution in [3.8, 4) is 0 Å². The van der Waals surface area contributed by atoms with E-state index in [0.29, 0.717) is 5.69 Å². The second-order valence-corrected chi connectivity index (χ2v) is 5.48. The molecular formula is C16H24FN3O2. The predicted octanol–water partition coefficient (Wildman–Crippen LogP) is 2.00. The van der Waals surface area contributed by atoms with E-state index >= 15 is 0 Å². The van der Waals surface area contributed by atoms with E-state index in [2.05, 4.69) is 17.6 Å². The van der Waals surface area contributed by atoms with Crippen LogP contribution in [0.3, 0.4) is 0 Å². The Bertz CT molecular complexity index is 491. The predicted molar refractivity (Wildman–Crippen MR) is 85.0 cm³/mol. The Hall–Kier alpha value is -1.95. The molecule has 5 nitrogen and oxygen atoms in total. The van der Waals surface area contributed by atoms with Crippen LogP contribution in [0.4, 0.5) is 10.1 Å². The molecule has 0 radical (unpaired) electrons. The monoisotopic (exact) mass is 309 g/mol. The minimum absolute atomic E-state index is 0.0902. The minimum atomic E-state index is -0.354. The van der Waals surface area contributed by atoms with E-state index in [0.717, 1.165) is 12.8 Å². The first-order valence-electron chi connectivity index (χ1n) is 7.44. The van der Waals surface area contributed by atoms with Gasteiger partial charge in [-0.1, -0.05) is 13.3 Å². The third-order valence-corrected chi connectivity index (χ3v) is 3.08. The van der Waals surface area contributed by atoms with Crippen molar-refractivity contribution in [2.24, 2.45) is 0 Å². The summed E-state index contributed by atoms with van der Waals surface area (Å²) in [6.45, 7) is 4.27. The van der Waals surface area contributed by atoms with Crippen LogP contribution in [-0.2, 0) is 9.59 Å². The Balaban J connectivity index is 2.34. The number of anilines is 1. The van der Waals surface area contributed by atoms with Crippen molar-refractivity contribution in [2.45, 2.75) is 32.7 Å². The molecule has 22 heavy (non-hydrogen) atoms. The summed E-state index contributed by atoms with van der Waals surface area (Å²) in [6.07, 6.45) is 1.94. The average Bonchev–Trinajstić information content (AvgIpc) is 2.40. The van der Waals surface area contributed by atoms with Crippen LogP contribution in [0.5, 0.6) is 0 Å². The lowest BCUT2D eigenvalue weighted by Gasteiger charge is -2.18. The maximum Gasteiger partial charge on any atom is 0.238 e. The molecule has 1 rings (SSSR count). The Labute approximate surface area is 130 Å². The Morgan fingerprint density at radius 2 is 1.77 bits per heavy atom. The first-order valence-corrected chi connectivity index (χ1v) is 7.44. The zero-order valence-electron chi connectivity index (χ0n) is 13.4. The van der Waals surface area contributed by atoms with E-state index in [1.165, 1.54) is 24.3 Å². The summed E-state index contributed by atoms with van der Waals surface area (Å²) in [5.41, 5.74) is 0.529. The minimum Gasteiger partial charge on any atom is -0.353 e. The van der Waals surface area contributed by atoms with Crippen LogP contribution in [0.2, 0.25) is 0 Å². The third-order valence-electron chi connectivity index (χ3n) is 3.08. The molecule has 1 aromatic carbocycles. The van der Waals surface area contributed by atoms with Crippen LogP contribution in [0, 0.1) is 5.82 Å². The number of halogens is 1. The Morgan fingerprint density at radius 1 is 1.18 bits per heavy atom. The number of hydrogen-bond acceptors (Lipinski definition) is 3. The van der Waals surface area contributed by atoms with Gasteiger partial charge in [0.15, 0.2) is 0 Å². The molecule has 1 atom stereocenters. The van der Waals surface area contributed by atoms with Crippen molar-refractivity contribution in [2.75, 3.05) is 25.5 Å². The van der Waals surface area contributed by atoms with Gasteiger partial charge in [0.2, 0.25) is 11.8 Å². The SMILES string of the molecule is CCC[C@@H](C)NC(=O)CN(C)CC(=O)Nc1ccc(F)cc1. The zero-order valence-corrected chi connectivity index (χ0v) is 13.4. The van der Waals surface area contributed by atoms with Gasteiger partial charge in [-0.3, -0.25) is 14.5 Å². The number of benzene rings is 1. The highest BCUT2D eigenvalue weighted by atomic mass is 19.1. The summed E-state index contributed by atoms with van der Waals surface area (Å²) in [6, 6.07) is 5.68. The summed E-state index contributed by atoms with van der Waals surface area (Å²) >= 11 is 0. The first kappa shape index (κ1) is 18.1. The van der Waals surface area contributed by atoms with Crippen LogP contribution in [0.1, 0.15) is 26.7 Å². The molecule has 0 aromatic heterocycles. The second kappa shape index (κ2) is 9.15. The molecule has 0 saturated carbocycles. The van der Waals surface area contributed by atoms with Gasteiger partial charge in [-0.2, -0.15) is 0 Å². The molecule has 0 heterocycles. The third kappa shape index (κ3) is 7.17. The van der Waals surface area contributed by atoms with Crippen LogP contribution in [0.15, 0.2) is 24.3 Å². The largest absolute Gasteiger partial charge is 0.353 e. The molecule has 0 saturated heterocycles. The standard InChI is InChI=1S/C16H24FN3O2/c1-4-5-12(2)18-15(21)10-20(3)11-16(22)19-14-8-6-13(17)7-9-14/h6-9,12H,4-5,10-11H2,1-3H3,(H,18,21)(H,19,22)/t12-/m1/s1. The fourth-order valence-electron chi connectivity index (χ4n) is 2.11. The molecule has 1 aromatic rings. The highest BCUT2D eigenvalue weighted by molar-refractivity contribution is 5.92. The Kier molecular flexibility index (Phi) is 7.52. The van der Waals surface area contributed by atoms with Crippen molar-refractivity contribution in [1.29, 1.82) is 0 Å². The summed E-state index contributed by atoms with van der Waals surface area (Å²) in [5, 5.41) is 5.54. The number of carbonyl (C=O) groups excluding carboxylic acids is 2. The van der Waals surface area contributed by atoms with Crippen LogP contribution < -0.4 is 10.6 Å². The van der Waals surface area contributed by atoms with Gasteiger partial charge in [0.05, 0.1) is 13.1 Å². The van der Waals surface area contributed by atoms with Gasteiger partial charge in [-0.05, 0) is 44.7 Å². The van der Waals surface area contributed by atoms with E-state index in [-0.39, 0.29) is 36.8 Å². The Morgan fingerprint density at radius 3 is 2.36 bits per heavy atom. The normalized spacial score (nSPS) is 12.0. The molecular weight excluding hydrogens is 285 g/mol. The number of rotatable bonds is 8. The summed E-state index contributed by atoms with van der Waals surface area (Å²) < 4.78 is 12.8. The van der Waals surface area contributed by atoms with E-state index in [1.54, 1.807) is 11.9 Å². The lowest BCUT2D eigenvalue weighted by atomic mass is 10.2. The average molecular weight is 309 g/mol. The molecule has 2 amide bonds. The summed E-state index contributed by atoms with van der Waals surface area (Å²) in [4.78, 5) is 25.3. The van der Waals surface area contributed by atoms with E-state index in [9.17, 15) is 14.0 Å². The van der Waals surface area contributed by atoms with Crippen molar-refractivity contribution in [3.05, 3.63) is 30.1 Å². The maximum atomic E-state index is 12.8. The molecule has 0 bridgehead atoms. The van der Waals surface area contributed by atoms with E-state index < -0.39 is 0 Å². The smallest absolute Gasteiger partial charge is 0.238 e. The topological polar surface area (TPSA) is 61.4 Å². The number of nitrogens with zero attached hydrogens (tertiary/aromatic N) is 1. The number of likely N-dealkylation sites (N-methyl/N-ethyl adjacent to an activating group) is 1. The van der Waals surface area contributed by atoms with Crippen LogP contribution in [0.25, 0.3) is 0 Å². The highest BCUT2D eigenvalue weighted by Gasteiger charge is 2.12. The van der Waals surface area contributed by atoms with Gasteiger partial charge in [-0.25, -0.2) is 4.39 Å². The number of carbonyl (C=O) groups is 2. The van der Waals surface area contributed by atoms with Crippen molar-refractivity contribution >= 4 is 17.5 Å². The summed E-state index contributed by atoms with van der Waals surface area (Å²) in [7, 11) is 1.70. The molecule has 0 aliphatic heterocycles. The van der Waals surface area contributed by atoms with Gasteiger partial charge >= 0.3 is 0 Å². The first-order chi connectivity index (χ1) is 10.4. The van der Waals surface area contributed by atoms with Gasteiger partial charge in [0, 0.05) is 11.7 Å². The van der Waals surface area contributed by atoms with E-state index in [1.807, 2.05) is 6.92 Å². The molecule has 2 N–H and O–H groups in total. The molecule has 6 heteroatoms. The highest BCUT2D eigenvalue weighted by Crippen LogP contribution is 2.07. The molecule has 122 valence electrons. The number of amides is 2. The van der Waals surface area contributed by atoms with Crippen molar-refractivity contribution in [3.63, 3.8) is 0 Å². The molecule has 0 unspecified atom stereocenters. The molecule has 0 spiro atoms. The molecule has 0 aliphatic carbocycles. The maximum absolute atomic E-state index is 12.8. The van der Waals surface area contributed by atoms with Crippen molar-refractivity contribution in [1.82, 2.24) is 10.2 Å². The van der Waals surface area contributed by atoms with Crippen LogP contribution in [-0.4, -0.2) is 42.9 Å². The van der Waals surface area contributed by atoms with Gasteiger partial charge in [0.1, 0.15) is 5.82 Å². The van der Waals surface area contributed by atoms with E-state index in [4.69, 9.17) is 0 Å².